The van der Waals surface area contributed by atoms with Crippen molar-refractivity contribution in [2.45, 2.75) is 50.0 Å². The van der Waals surface area contributed by atoms with E-state index in [4.69, 9.17) is 9.47 Å². The third-order valence-electron chi connectivity index (χ3n) is 9.66. The van der Waals surface area contributed by atoms with E-state index in [0.29, 0.717) is 65.2 Å². The van der Waals surface area contributed by atoms with Gasteiger partial charge in [0.05, 0.1) is 30.7 Å². The summed E-state index contributed by atoms with van der Waals surface area (Å²) in [5, 5.41) is 9.68. The van der Waals surface area contributed by atoms with Gasteiger partial charge in [-0.15, -0.1) is 13.2 Å². The molecule has 4 fully saturated rings. The maximum Gasteiger partial charge on any atom is 0.248 e. The van der Waals surface area contributed by atoms with Crippen LogP contribution in [0.1, 0.15) is 31.7 Å². The van der Waals surface area contributed by atoms with Gasteiger partial charge in [0.25, 0.3) is 0 Å². The van der Waals surface area contributed by atoms with Gasteiger partial charge in [0.15, 0.2) is 0 Å². The van der Waals surface area contributed by atoms with Crippen molar-refractivity contribution in [1.29, 1.82) is 0 Å². The largest absolute Gasteiger partial charge is 0.396 e. The van der Waals surface area contributed by atoms with Crippen LogP contribution in [0.15, 0.2) is 55.6 Å². The van der Waals surface area contributed by atoms with E-state index in [0.717, 1.165) is 18.7 Å². The number of carbonyl (C=O) groups is 3. The first-order valence-corrected chi connectivity index (χ1v) is 15.5. The number of fused-ring (bicyclic) bond motifs is 1. The van der Waals surface area contributed by atoms with Gasteiger partial charge in [-0.1, -0.05) is 42.5 Å². The smallest absolute Gasteiger partial charge is 0.248 e. The molecule has 0 radical (unpaired) electrons. The molecule has 0 aliphatic carbocycles. The Balaban J connectivity index is 1.46. The first-order valence-electron chi connectivity index (χ1n) is 15.5. The van der Waals surface area contributed by atoms with Gasteiger partial charge in [-0.2, -0.15) is 0 Å². The average Bonchev–Trinajstić information content (AvgIpc) is 3.58. The van der Waals surface area contributed by atoms with Crippen LogP contribution in [0.4, 0.5) is 0 Å². The van der Waals surface area contributed by atoms with Crippen molar-refractivity contribution >= 4 is 17.7 Å². The number of benzene rings is 1. The molecule has 1 spiro atoms. The molecular formula is C33H46N4O6. The van der Waals surface area contributed by atoms with Crippen LogP contribution in [-0.2, 0) is 30.4 Å². The lowest BCUT2D eigenvalue weighted by Crippen LogP contribution is -2.57. The normalized spacial score (nSPS) is 29.9. The second-order valence-electron chi connectivity index (χ2n) is 12.4. The highest BCUT2D eigenvalue weighted by molar-refractivity contribution is 5.99. The minimum absolute atomic E-state index is 0.110. The molecule has 5 rings (SSSR count). The number of hydrogen-bond donors (Lipinski definition) is 1. The Bertz CT molecular complexity index is 1190. The third kappa shape index (κ3) is 5.90. The predicted molar refractivity (Wildman–Crippen MR) is 162 cm³/mol. The van der Waals surface area contributed by atoms with Crippen LogP contribution in [0.5, 0.6) is 0 Å². The third-order valence-corrected chi connectivity index (χ3v) is 9.66. The molecule has 5 atom stereocenters. The lowest BCUT2D eigenvalue weighted by molar-refractivity contribution is -0.153. The Morgan fingerprint density at radius 2 is 1.74 bits per heavy atom. The summed E-state index contributed by atoms with van der Waals surface area (Å²) in [6.45, 7) is 15.0. The van der Waals surface area contributed by atoms with E-state index in [1.165, 1.54) is 0 Å². The molecule has 234 valence electrons. The number of aliphatic hydroxyl groups excluding tert-OH is 1. The summed E-state index contributed by atoms with van der Waals surface area (Å²) < 4.78 is 12.3. The standard InChI is InChI=1S/C33H46N4O6/c1-4-14-35(18-17-34-19-22-42-23-20-34)31(41)28-33-13-12-32(3,43-33)26(27(33)30(40)37(28)16-9-21-38)29(39)36(15-5-2)24-25-10-7-6-8-11-25/h4-8,10-11,26-28,38H,1-2,9,12-24H2,3H3/t26-,27+,28?,32+,33?/m1/s1. The Morgan fingerprint density at radius 3 is 2.42 bits per heavy atom. The Hall–Kier alpha value is -3.05. The molecule has 10 heteroatoms. The molecule has 4 aliphatic heterocycles. The summed E-state index contributed by atoms with van der Waals surface area (Å²) in [5.41, 5.74) is -0.993. The molecule has 43 heavy (non-hydrogen) atoms. The molecule has 2 bridgehead atoms. The highest BCUT2D eigenvalue weighted by Gasteiger charge is 2.78. The first kappa shape index (κ1) is 31.4. The van der Waals surface area contributed by atoms with Gasteiger partial charge in [0, 0.05) is 59.0 Å². The maximum absolute atomic E-state index is 14.5. The fraction of sp³-hybridized carbons (Fsp3) is 0.606. The highest BCUT2D eigenvalue weighted by atomic mass is 16.5. The second kappa shape index (κ2) is 13.3. The minimum atomic E-state index is -1.11. The van der Waals surface area contributed by atoms with E-state index in [-0.39, 0.29) is 30.9 Å². The molecule has 3 amide bonds. The highest BCUT2D eigenvalue weighted by Crippen LogP contribution is 2.63. The second-order valence-corrected chi connectivity index (χ2v) is 12.4. The SMILES string of the molecule is C=CCN(CCN1CCOCC1)C(=O)C1N(CCCO)C(=O)[C@@H]2[C@H](C(=O)N(CC=C)Cc3ccccc3)[C@]3(C)CCC12O3. The summed E-state index contributed by atoms with van der Waals surface area (Å²) >= 11 is 0. The van der Waals surface area contributed by atoms with E-state index in [9.17, 15) is 19.5 Å². The van der Waals surface area contributed by atoms with Gasteiger partial charge in [-0.05, 0) is 31.7 Å². The summed E-state index contributed by atoms with van der Waals surface area (Å²) in [4.78, 5) is 50.6. The number of likely N-dealkylation sites (tertiary alicyclic amines) is 1. The fourth-order valence-corrected chi connectivity index (χ4v) is 7.66. The van der Waals surface area contributed by atoms with Gasteiger partial charge in [0.2, 0.25) is 17.7 Å². The minimum Gasteiger partial charge on any atom is -0.396 e. The summed E-state index contributed by atoms with van der Waals surface area (Å²) in [7, 11) is 0. The molecule has 1 aromatic rings. The molecule has 10 nitrogen and oxygen atoms in total. The molecule has 2 unspecified atom stereocenters. The van der Waals surface area contributed by atoms with Crippen LogP contribution in [0.3, 0.4) is 0 Å². The van der Waals surface area contributed by atoms with E-state index < -0.39 is 29.1 Å². The van der Waals surface area contributed by atoms with Crippen LogP contribution in [0.25, 0.3) is 0 Å². The molecule has 0 saturated carbocycles. The van der Waals surface area contributed by atoms with Gasteiger partial charge in [-0.3, -0.25) is 19.3 Å². The number of rotatable bonds is 14. The molecular weight excluding hydrogens is 548 g/mol. The fourth-order valence-electron chi connectivity index (χ4n) is 7.66. The van der Waals surface area contributed by atoms with E-state index in [1.54, 1.807) is 26.9 Å². The molecule has 4 saturated heterocycles. The zero-order valence-electron chi connectivity index (χ0n) is 25.4. The van der Waals surface area contributed by atoms with Crippen LogP contribution in [0.2, 0.25) is 0 Å². The molecule has 1 N–H and O–H groups in total. The number of nitrogens with zero attached hydrogens (tertiary/aromatic N) is 4. The maximum atomic E-state index is 14.5. The van der Waals surface area contributed by atoms with E-state index in [1.807, 2.05) is 37.3 Å². The topological polar surface area (TPSA) is 103 Å². The van der Waals surface area contributed by atoms with Crippen molar-refractivity contribution in [3.8, 4) is 0 Å². The van der Waals surface area contributed by atoms with Crippen molar-refractivity contribution in [3.05, 3.63) is 61.2 Å². The zero-order valence-corrected chi connectivity index (χ0v) is 25.4. The number of carbonyl (C=O) groups excluding carboxylic acids is 3. The molecule has 0 aromatic heterocycles. The number of aliphatic hydroxyl groups is 1. The van der Waals surface area contributed by atoms with Gasteiger partial charge in [-0.25, -0.2) is 0 Å². The monoisotopic (exact) mass is 594 g/mol. The van der Waals surface area contributed by atoms with Crippen LogP contribution in [-0.4, -0.2) is 125 Å². The van der Waals surface area contributed by atoms with Gasteiger partial charge < -0.3 is 29.3 Å². The zero-order chi connectivity index (χ0) is 30.6. The number of hydrogen-bond acceptors (Lipinski definition) is 7. The Morgan fingerprint density at radius 1 is 1.05 bits per heavy atom. The lowest BCUT2D eigenvalue weighted by atomic mass is 9.66. The van der Waals surface area contributed by atoms with Crippen molar-refractivity contribution < 1.29 is 29.0 Å². The number of morpholine rings is 1. The molecule has 4 heterocycles. The van der Waals surface area contributed by atoms with Crippen LogP contribution >= 0.6 is 0 Å². The predicted octanol–water partition coefficient (Wildman–Crippen LogP) is 1.70. The number of amides is 3. The summed E-state index contributed by atoms with van der Waals surface area (Å²) in [6, 6.07) is 8.88. The van der Waals surface area contributed by atoms with Crippen molar-refractivity contribution in [2.24, 2.45) is 11.8 Å². The quantitative estimate of drug-likeness (QED) is 0.327. The lowest BCUT2D eigenvalue weighted by Gasteiger charge is -2.37. The van der Waals surface area contributed by atoms with E-state index in [2.05, 4.69) is 18.1 Å². The molecule has 1 aromatic carbocycles. The average molecular weight is 595 g/mol. The van der Waals surface area contributed by atoms with Crippen molar-refractivity contribution in [1.82, 2.24) is 19.6 Å². The van der Waals surface area contributed by atoms with E-state index >= 15 is 0 Å². The first-order chi connectivity index (χ1) is 20.8. The van der Waals surface area contributed by atoms with Crippen molar-refractivity contribution in [3.63, 3.8) is 0 Å². The summed E-state index contributed by atoms with van der Waals surface area (Å²) in [5.74, 6) is -2.09. The Kier molecular flexibility index (Phi) is 9.70. The van der Waals surface area contributed by atoms with Crippen LogP contribution in [0, 0.1) is 11.8 Å². The summed E-state index contributed by atoms with van der Waals surface area (Å²) in [6.07, 6.45) is 4.83. The van der Waals surface area contributed by atoms with Crippen LogP contribution < -0.4 is 0 Å². The molecule has 4 aliphatic rings. The van der Waals surface area contributed by atoms with Crippen molar-refractivity contribution in [2.75, 3.05) is 65.6 Å². The Labute approximate surface area is 254 Å². The number of ether oxygens (including phenoxy) is 2. The van der Waals surface area contributed by atoms with Gasteiger partial charge in [0.1, 0.15) is 11.6 Å². The van der Waals surface area contributed by atoms with Gasteiger partial charge >= 0.3 is 0 Å².